The van der Waals surface area contributed by atoms with Gasteiger partial charge in [0.1, 0.15) is 0 Å². The molecule has 0 heterocycles. The van der Waals surface area contributed by atoms with Gasteiger partial charge in [0.2, 0.25) is 0 Å². The molecular formula is C3H12O5Si. The fraction of sp³-hybridized carbons (Fsp3) is 1.00. The average molecular weight is 156 g/mol. The molecule has 9 heavy (non-hydrogen) atoms. The molecule has 0 aliphatic heterocycles. The highest BCUT2D eigenvalue weighted by Gasteiger charge is 2.27. The Kier molecular flexibility index (Phi) is 8.03. The number of hydrogen-bond acceptors (Lipinski definition) is 5. The first-order valence-electron chi connectivity index (χ1n) is 2.31. The third kappa shape index (κ3) is 31.9. The minimum atomic E-state index is -4.13. The van der Waals surface area contributed by atoms with Crippen LogP contribution in [-0.2, 0) is 4.43 Å². The van der Waals surface area contributed by atoms with Gasteiger partial charge in [-0.05, 0) is 6.92 Å². The van der Waals surface area contributed by atoms with Crippen LogP contribution in [0.1, 0.15) is 6.92 Å². The van der Waals surface area contributed by atoms with Crippen molar-refractivity contribution in [1.82, 2.24) is 0 Å². The summed E-state index contributed by atoms with van der Waals surface area (Å²) in [5.74, 6) is 0. The van der Waals surface area contributed by atoms with Gasteiger partial charge in [-0.1, -0.05) is 0 Å². The van der Waals surface area contributed by atoms with Crippen molar-refractivity contribution in [2.45, 2.75) is 6.92 Å². The summed E-state index contributed by atoms with van der Waals surface area (Å²) in [6.45, 7) is 1.93. The summed E-state index contributed by atoms with van der Waals surface area (Å²) < 4.78 is 3.74. The fourth-order valence-electron chi connectivity index (χ4n) is 0. The molecule has 6 heteroatoms. The van der Waals surface area contributed by atoms with Crippen molar-refractivity contribution in [3.63, 3.8) is 0 Å². The van der Waals surface area contributed by atoms with Gasteiger partial charge in [-0.25, -0.2) is 0 Å². The van der Waals surface area contributed by atoms with E-state index < -0.39 is 9.05 Å². The van der Waals surface area contributed by atoms with Gasteiger partial charge in [-0.2, -0.15) is 0 Å². The lowest BCUT2D eigenvalue weighted by molar-refractivity contribution is 0.0881. The normalized spacial score (nSPS) is 10.0. The van der Waals surface area contributed by atoms with E-state index in [1.807, 2.05) is 0 Å². The monoisotopic (exact) mass is 156 g/mol. The van der Waals surface area contributed by atoms with Gasteiger partial charge < -0.3 is 23.9 Å². The minimum Gasteiger partial charge on any atom is -0.397 e. The van der Waals surface area contributed by atoms with Gasteiger partial charge in [0.15, 0.2) is 0 Å². The molecule has 0 radical (unpaired) electrons. The lowest BCUT2D eigenvalue weighted by Gasteiger charge is -2.01. The maximum absolute atomic E-state index is 7.85. The third-order valence-corrected chi connectivity index (χ3v) is 0.822. The van der Waals surface area contributed by atoms with E-state index >= 15 is 0 Å². The fourth-order valence-corrected chi connectivity index (χ4v) is 0. The van der Waals surface area contributed by atoms with Gasteiger partial charge in [-0.15, -0.1) is 0 Å². The Morgan fingerprint density at radius 3 is 1.44 bits per heavy atom. The Balaban J connectivity index is 0. The molecule has 0 atom stereocenters. The molecule has 0 fully saturated rings. The Hall–Kier alpha value is 0.0169. The Bertz CT molecular complexity index is 50.7. The second-order valence-electron chi connectivity index (χ2n) is 1.09. The molecule has 0 saturated heterocycles. The Labute approximate surface area is 54.6 Å². The van der Waals surface area contributed by atoms with Crippen molar-refractivity contribution in [2.75, 3.05) is 13.7 Å². The highest BCUT2D eigenvalue weighted by atomic mass is 28.4. The van der Waals surface area contributed by atoms with E-state index in [2.05, 4.69) is 4.43 Å². The van der Waals surface area contributed by atoms with Crippen LogP contribution in [0.3, 0.4) is 0 Å². The minimum absolute atomic E-state index is 0.250. The first kappa shape index (κ1) is 11.8. The van der Waals surface area contributed by atoms with Crippen LogP contribution >= 0.6 is 0 Å². The van der Waals surface area contributed by atoms with E-state index in [0.29, 0.717) is 0 Å². The third-order valence-electron chi connectivity index (χ3n) is 0.274. The summed E-state index contributed by atoms with van der Waals surface area (Å²) in [7, 11) is -3.11. The van der Waals surface area contributed by atoms with Gasteiger partial charge in [0.25, 0.3) is 0 Å². The predicted molar refractivity (Wildman–Crippen MR) is 32.2 cm³/mol. The summed E-state index contributed by atoms with van der Waals surface area (Å²) in [5, 5.41) is 7.57. The SMILES string of the molecule is CCO.CO[Si](O)(O)O. The summed E-state index contributed by atoms with van der Waals surface area (Å²) >= 11 is 0. The maximum atomic E-state index is 7.85. The van der Waals surface area contributed by atoms with Crippen molar-refractivity contribution in [3.05, 3.63) is 0 Å². The average Bonchev–Trinajstić information content (AvgIpc) is 1.67. The number of aliphatic hydroxyl groups is 1. The molecule has 0 spiro atoms. The first-order valence-corrected chi connectivity index (χ1v) is 4.06. The van der Waals surface area contributed by atoms with Gasteiger partial charge in [0.05, 0.1) is 0 Å². The number of rotatable bonds is 1. The van der Waals surface area contributed by atoms with Crippen LogP contribution in [-0.4, -0.2) is 42.3 Å². The number of aliphatic hydroxyl groups excluding tert-OH is 1. The molecule has 0 aliphatic carbocycles. The molecule has 0 aliphatic rings. The van der Waals surface area contributed by atoms with Crippen molar-refractivity contribution < 1.29 is 23.9 Å². The summed E-state index contributed by atoms with van der Waals surface area (Å²) in [6.07, 6.45) is 0. The van der Waals surface area contributed by atoms with Crippen molar-refractivity contribution in [3.8, 4) is 0 Å². The molecule has 0 saturated carbocycles. The molecule has 58 valence electrons. The van der Waals surface area contributed by atoms with Gasteiger partial charge >= 0.3 is 9.05 Å². The van der Waals surface area contributed by atoms with Crippen LogP contribution < -0.4 is 0 Å². The molecule has 0 aromatic rings. The topological polar surface area (TPSA) is 90.2 Å². The van der Waals surface area contributed by atoms with E-state index in [4.69, 9.17) is 19.5 Å². The summed E-state index contributed by atoms with van der Waals surface area (Å²) in [4.78, 5) is 23.6. The smallest absolute Gasteiger partial charge is 0.397 e. The van der Waals surface area contributed by atoms with Crippen molar-refractivity contribution in [1.29, 1.82) is 0 Å². The molecule has 0 bridgehead atoms. The maximum Gasteiger partial charge on any atom is 0.671 e. The lowest BCUT2D eigenvalue weighted by atomic mass is 10.9. The number of hydrogen-bond donors (Lipinski definition) is 4. The van der Waals surface area contributed by atoms with E-state index in [1.165, 1.54) is 0 Å². The molecule has 0 rings (SSSR count). The molecular weight excluding hydrogens is 144 g/mol. The molecule has 5 nitrogen and oxygen atoms in total. The first-order chi connectivity index (χ1) is 3.97. The van der Waals surface area contributed by atoms with Crippen LogP contribution in [0, 0.1) is 0 Å². The summed E-state index contributed by atoms with van der Waals surface area (Å²) in [6, 6.07) is 0. The molecule has 0 aromatic carbocycles. The molecule has 0 amide bonds. The van der Waals surface area contributed by atoms with Crippen LogP contribution in [0.5, 0.6) is 0 Å². The highest BCUT2D eigenvalue weighted by molar-refractivity contribution is 6.48. The standard InChI is InChI=1S/C2H6O.CH6O4Si/c1-2-3;1-5-6(2,3)4/h3H,2H2,1H3;2-4H,1H3. The van der Waals surface area contributed by atoms with Crippen LogP contribution in [0.4, 0.5) is 0 Å². The van der Waals surface area contributed by atoms with Gasteiger partial charge in [-0.3, -0.25) is 0 Å². The van der Waals surface area contributed by atoms with Crippen LogP contribution in [0.2, 0.25) is 0 Å². The van der Waals surface area contributed by atoms with Crippen molar-refractivity contribution >= 4 is 9.05 Å². The zero-order valence-corrected chi connectivity index (χ0v) is 6.40. The van der Waals surface area contributed by atoms with Crippen molar-refractivity contribution in [2.24, 2.45) is 0 Å². The van der Waals surface area contributed by atoms with Crippen LogP contribution in [0.15, 0.2) is 0 Å². The van der Waals surface area contributed by atoms with E-state index in [0.717, 1.165) is 7.11 Å². The highest BCUT2D eigenvalue weighted by Crippen LogP contribution is 1.80. The molecule has 4 N–H and O–H groups in total. The summed E-state index contributed by atoms with van der Waals surface area (Å²) in [5.41, 5.74) is 0. The van der Waals surface area contributed by atoms with Crippen LogP contribution in [0.25, 0.3) is 0 Å². The second-order valence-corrected chi connectivity index (χ2v) is 2.65. The zero-order valence-electron chi connectivity index (χ0n) is 5.40. The van der Waals surface area contributed by atoms with E-state index in [-0.39, 0.29) is 6.61 Å². The molecule has 0 aromatic heterocycles. The zero-order chi connectivity index (χ0) is 7.91. The van der Waals surface area contributed by atoms with E-state index in [9.17, 15) is 0 Å². The predicted octanol–water partition coefficient (Wildman–Crippen LogP) is -1.96. The lowest BCUT2D eigenvalue weighted by Crippen LogP contribution is -2.37. The van der Waals surface area contributed by atoms with E-state index in [1.54, 1.807) is 6.92 Å². The van der Waals surface area contributed by atoms with Gasteiger partial charge in [0, 0.05) is 13.7 Å². The second kappa shape index (κ2) is 6.14. The largest absolute Gasteiger partial charge is 0.671 e. The Morgan fingerprint density at radius 1 is 1.33 bits per heavy atom. The quantitative estimate of drug-likeness (QED) is 0.331. The molecule has 0 unspecified atom stereocenters. The Morgan fingerprint density at radius 2 is 1.44 bits per heavy atom.